The molecular formula is C14H14ClNO3S. The molecule has 2 rings (SSSR count). The summed E-state index contributed by atoms with van der Waals surface area (Å²) in [7, 11) is 0. The maximum absolute atomic E-state index is 12.2. The first kappa shape index (κ1) is 14.8. The van der Waals surface area contributed by atoms with E-state index < -0.39 is 17.9 Å². The Morgan fingerprint density at radius 3 is 2.70 bits per heavy atom. The zero-order chi connectivity index (χ0) is 14.7. The third-order valence-electron chi connectivity index (χ3n) is 2.92. The number of rotatable bonds is 5. The first-order valence-corrected chi connectivity index (χ1v) is 7.44. The molecule has 1 aromatic heterocycles. The van der Waals surface area contributed by atoms with E-state index in [9.17, 15) is 9.59 Å². The van der Waals surface area contributed by atoms with E-state index in [0.717, 1.165) is 10.1 Å². The fraction of sp³-hybridized carbons (Fsp3) is 0.286. The van der Waals surface area contributed by atoms with Crippen LogP contribution in [0.1, 0.15) is 29.4 Å². The molecule has 0 spiro atoms. The molecule has 1 aromatic carbocycles. The van der Waals surface area contributed by atoms with E-state index in [1.54, 1.807) is 0 Å². The fourth-order valence-electron chi connectivity index (χ4n) is 1.93. The van der Waals surface area contributed by atoms with Crippen LogP contribution < -0.4 is 5.32 Å². The number of aliphatic carboxylic acids is 1. The van der Waals surface area contributed by atoms with Crippen LogP contribution in [0.5, 0.6) is 0 Å². The average molecular weight is 312 g/mol. The van der Waals surface area contributed by atoms with Gasteiger partial charge < -0.3 is 10.4 Å². The van der Waals surface area contributed by atoms with Crippen LogP contribution in [0.25, 0.3) is 10.1 Å². The van der Waals surface area contributed by atoms with Gasteiger partial charge in [0.05, 0.1) is 5.02 Å². The second-order valence-corrected chi connectivity index (χ2v) is 5.82. The molecule has 2 N–H and O–H groups in total. The fourth-order valence-corrected chi connectivity index (χ4v) is 3.35. The minimum atomic E-state index is -1.03. The number of nitrogens with one attached hydrogen (secondary N) is 1. The van der Waals surface area contributed by atoms with Gasteiger partial charge in [0.15, 0.2) is 0 Å². The van der Waals surface area contributed by atoms with Crippen LogP contribution >= 0.6 is 22.9 Å². The molecule has 0 radical (unpaired) electrons. The van der Waals surface area contributed by atoms with Gasteiger partial charge in [-0.2, -0.15) is 0 Å². The molecule has 106 valence electrons. The first-order chi connectivity index (χ1) is 9.54. The molecule has 4 nitrogen and oxygen atoms in total. The van der Waals surface area contributed by atoms with E-state index in [-0.39, 0.29) is 0 Å². The van der Waals surface area contributed by atoms with Crippen LogP contribution in [0.15, 0.2) is 24.3 Å². The summed E-state index contributed by atoms with van der Waals surface area (Å²) in [6, 6.07) is 6.55. The predicted molar refractivity (Wildman–Crippen MR) is 80.6 cm³/mol. The molecule has 1 unspecified atom stereocenters. The van der Waals surface area contributed by atoms with E-state index >= 15 is 0 Å². The minimum Gasteiger partial charge on any atom is -0.480 e. The van der Waals surface area contributed by atoms with Crippen molar-refractivity contribution in [2.45, 2.75) is 25.8 Å². The van der Waals surface area contributed by atoms with Gasteiger partial charge in [-0.3, -0.25) is 4.79 Å². The van der Waals surface area contributed by atoms with Gasteiger partial charge >= 0.3 is 5.97 Å². The summed E-state index contributed by atoms with van der Waals surface area (Å²) in [6.07, 6.45) is 1.07. The molecule has 0 saturated heterocycles. The lowest BCUT2D eigenvalue weighted by Crippen LogP contribution is -2.40. The highest BCUT2D eigenvalue weighted by Crippen LogP contribution is 2.35. The van der Waals surface area contributed by atoms with Gasteiger partial charge in [0.1, 0.15) is 10.9 Å². The topological polar surface area (TPSA) is 66.4 Å². The summed E-state index contributed by atoms with van der Waals surface area (Å²) in [4.78, 5) is 23.6. The Kier molecular flexibility index (Phi) is 4.62. The summed E-state index contributed by atoms with van der Waals surface area (Å²) in [5, 5.41) is 12.8. The highest BCUT2D eigenvalue weighted by atomic mass is 35.5. The number of carboxylic acid groups (broad SMARTS) is 1. The van der Waals surface area contributed by atoms with Crippen molar-refractivity contribution in [1.82, 2.24) is 5.32 Å². The van der Waals surface area contributed by atoms with Crippen molar-refractivity contribution in [3.8, 4) is 0 Å². The number of carbonyl (C=O) groups is 2. The number of hydrogen-bond donors (Lipinski definition) is 2. The molecular weight excluding hydrogens is 298 g/mol. The van der Waals surface area contributed by atoms with Gasteiger partial charge in [-0.1, -0.05) is 43.1 Å². The Labute approximate surface area is 125 Å². The normalized spacial score (nSPS) is 12.3. The van der Waals surface area contributed by atoms with E-state index in [2.05, 4.69) is 5.32 Å². The molecule has 1 heterocycles. The average Bonchev–Trinajstić information content (AvgIpc) is 2.76. The van der Waals surface area contributed by atoms with Crippen molar-refractivity contribution >= 4 is 44.9 Å². The molecule has 0 bridgehead atoms. The van der Waals surface area contributed by atoms with Gasteiger partial charge in [0.2, 0.25) is 0 Å². The van der Waals surface area contributed by atoms with Crippen molar-refractivity contribution in [2.75, 3.05) is 0 Å². The van der Waals surface area contributed by atoms with Crippen LogP contribution in [0, 0.1) is 0 Å². The van der Waals surface area contributed by atoms with Gasteiger partial charge in [0, 0.05) is 10.1 Å². The lowest BCUT2D eigenvalue weighted by Gasteiger charge is -2.12. The number of benzene rings is 1. The zero-order valence-electron chi connectivity index (χ0n) is 10.9. The largest absolute Gasteiger partial charge is 0.480 e. The maximum Gasteiger partial charge on any atom is 0.326 e. The van der Waals surface area contributed by atoms with E-state index in [4.69, 9.17) is 16.7 Å². The van der Waals surface area contributed by atoms with E-state index in [1.165, 1.54) is 11.3 Å². The summed E-state index contributed by atoms with van der Waals surface area (Å²) in [5.74, 6) is -1.46. The second kappa shape index (κ2) is 6.24. The van der Waals surface area contributed by atoms with Crippen LogP contribution in [0.3, 0.4) is 0 Å². The molecule has 0 aliphatic rings. The number of carboxylic acids is 1. The van der Waals surface area contributed by atoms with Crippen LogP contribution in [0.4, 0.5) is 0 Å². The lowest BCUT2D eigenvalue weighted by atomic mass is 10.1. The lowest BCUT2D eigenvalue weighted by molar-refractivity contribution is -0.139. The third kappa shape index (κ3) is 2.94. The smallest absolute Gasteiger partial charge is 0.326 e. The number of thiophene rings is 1. The summed E-state index contributed by atoms with van der Waals surface area (Å²) >= 11 is 7.46. The molecule has 1 amide bonds. The Bertz CT molecular complexity index is 653. The Hall–Kier alpha value is -1.59. The number of fused-ring (bicyclic) bond motifs is 1. The zero-order valence-corrected chi connectivity index (χ0v) is 12.4. The van der Waals surface area contributed by atoms with Crippen LogP contribution in [-0.2, 0) is 4.79 Å². The Morgan fingerprint density at radius 1 is 1.40 bits per heavy atom. The van der Waals surface area contributed by atoms with Gasteiger partial charge in [0.25, 0.3) is 5.91 Å². The monoisotopic (exact) mass is 311 g/mol. The molecule has 20 heavy (non-hydrogen) atoms. The van der Waals surface area contributed by atoms with Crippen molar-refractivity contribution < 1.29 is 14.7 Å². The van der Waals surface area contributed by atoms with E-state index in [1.807, 2.05) is 31.2 Å². The molecule has 1 atom stereocenters. The highest BCUT2D eigenvalue weighted by Gasteiger charge is 2.23. The number of amides is 1. The van der Waals surface area contributed by atoms with Crippen molar-refractivity contribution in [1.29, 1.82) is 0 Å². The maximum atomic E-state index is 12.2. The molecule has 0 fully saturated rings. The first-order valence-electron chi connectivity index (χ1n) is 6.25. The van der Waals surface area contributed by atoms with E-state index in [0.29, 0.717) is 22.7 Å². The van der Waals surface area contributed by atoms with Crippen molar-refractivity contribution in [3.05, 3.63) is 34.2 Å². The molecule has 2 aromatic rings. The SMILES string of the molecule is CCCC(NC(=O)c1sc2ccccc2c1Cl)C(=O)O. The number of carbonyl (C=O) groups excluding carboxylic acids is 1. The Balaban J connectivity index is 2.27. The molecule has 6 heteroatoms. The molecule has 0 aliphatic heterocycles. The van der Waals surface area contributed by atoms with Crippen molar-refractivity contribution in [2.24, 2.45) is 0 Å². The molecule has 0 saturated carbocycles. The number of halogens is 1. The molecule has 0 aliphatic carbocycles. The quantitative estimate of drug-likeness (QED) is 0.887. The van der Waals surface area contributed by atoms with Crippen molar-refractivity contribution in [3.63, 3.8) is 0 Å². The summed E-state index contributed by atoms with van der Waals surface area (Å²) < 4.78 is 0.907. The standard InChI is InChI=1S/C14H14ClNO3S/c1-2-5-9(14(18)19)16-13(17)12-11(15)8-6-3-4-7-10(8)20-12/h3-4,6-7,9H,2,5H2,1H3,(H,16,17)(H,18,19). The predicted octanol–water partition coefficient (Wildman–Crippen LogP) is 3.54. The second-order valence-electron chi connectivity index (χ2n) is 4.39. The van der Waals surface area contributed by atoms with Gasteiger partial charge in [-0.05, 0) is 12.5 Å². The Morgan fingerprint density at radius 2 is 2.10 bits per heavy atom. The van der Waals surface area contributed by atoms with Crippen LogP contribution in [-0.4, -0.2) is 23.0 Å². The number of hydrogen-bond acceptors (Lipinski definition) is 3. The highest BCUT2D eigenvalue weighted by molar-refractivity contribution is 7.21. The van der Waals surface area contributed by atoms with Gasteiger partial charge in [-0.25, -0.2) is 4.79 Å². The van der Waals surface area contributed by atoms with Gasteiger partial charge in [-0.15, -0.1) is 11.3 Å². The van der Waals surface area contributed by atoms with Crippen LogP contribution in [0.2, 0.25) is 5.02 Å². The summed E-state index contributed by atoms with van der Waals surface area (Å²) in [6.45, 7) is 1.87. The summed E-state index contributed by atoms with van der Waals surface area (Å²) in [5.41, 5.74) is 0. The third-order valence-corrected chi connectivity index (χ3v) is 4.60. The minimum absolute atomic E-state index is 0.357.